The standard InChI is InChI=1S/C24H52O6P2S2/c25-31(26,27)21-17-13-9-5-1-3-7-11-15-19-23-33-34-24-20-16-12-8-4-2-6-10-14-18-22-32(28,29)30/h1-24H2,(H2,25,26,27)(H2,28,29,30). The van der Waals surface area contributed by atoms with Crippen molar-refractivity contribution in [1.82, 2.24) is 0 Å². The number of unbranched alkanes of at least 4 members (excludes halogenated alkanes) is 18. The lowest BCUT2D eigenvalue weighted by atomic mass is 10.1. The van der Waals surface area contributed by atoms with Gasteiger partial charge in [-0.05, 0) is 25.7 Å². The largest absolute Gasteiger partial charge is 0.325 e. The van der Waals surface area contributed by atoms with Gasteiger partial charge in [0.25, 0.3) is 0 Å². The molecule has 0 aliphatic heterocycles. The molecule has 206 valence electrons. The summed E-state index contributed by atoms with van der Waals surface area (Å²) in [5.41, 5.74) is 0. The Hall–Kier alpha value is 1.000. The van der Waals surface area contributed by atoms with Crippen molar-refractivity contribution in [3.05, 3.63) is 0 Å². The van der Waals surface area contributed by atoms with Crippen molar-refractivity contribution >= 4 is 36.8 Å². The van der Waals surface area contributed by atoms with Crippen LogP contribution < -0.4 is 0 Å². The van der Waals surface area contributed by atoms with Gasteiger partial charge in [0.2, 0.25) is 0 Å². The minimum Gasteiger partial charge on any atom is -0.324 e. The van der Waals surface area contributed by atoms with Crippen LogP contribution in [0, 0.1) is 0 Å². The van der Waals surface area contributed by atoms with Crippen molar-refractivity contribution in [2.24, 2.45) is 0 Å². The molecule has 0 radical (unpaired) electrons. The Bertz CT molecular complexity index is 482. The third-order valence-corrected chi connectivity index (χ3v) is 10.3. The second-order valence-corrected chi connectivity index (χ2v) is 15.7. The maximum atomic E-state index is 10.8. The van der Waals surface area contributed by atoms with Crippen LogP contribution in [0.4, 0.5) is 0 Å². The molecule has 0 unspecified atom stereocenters. The van der Waals surface area contributed by atoms with E-state index in [0.29, 0.717) is 12.8 Å². The second kappa shape index (κ2) is 24.3. The van der Waals surface area contributed by atoms with Crippen LogP contribution in [0.15, 0.2) is 0 Å². The fourth-order valence-corrected chi connectivity index (χ4v) is 7.47. The lowest BCUT2D eigenvalue weighted by molar-refractivity contribution is 0.368. The molecule has 34 heavy (non-hydrogen) atoms. The van der Waals surface area contributed by atoms with Crippen LogP contribution in [0.5, 0.6) is 0 Å². The van der Waals surface area contributed by atoms with Gasteiger partial charge in [0.1, 0.15) is 0 Å². The first-order chi connectivity index (χ1) is 16.2. The first-order valence-corrected chi connectivity index (χ1v) is 19.6. The predicted molar refractivity (Wildman–Crippen MR) is 151 cm³/mol. The molecule has 0 fully saturated rings. The van der Waals surface area contributed by atoms with E-state index >= 15 is 0 Å². The van der Waals surface area contributed by atoms with E-state index in [1.54, 1.807) is 0 Å². The molecule has 0 heterocycles. The van der Waals surface area contributed by atoms with Crippen molar-refractivity contribution in [3.63, 3.8) is 0 Å². The highest BCUT2D eigenvalue weighted by Gasteiger charge is 2.11. The Morgan fingerprint density at radius 3 is 0.794 bits per heavy atom. The summed E-state index contributed by atoms with van der Waals surface area (Å²) in [5.74, 6) is 2.52. The third kappa shape index (κ3) is 33.0. The molecule has 0 rings (SSSR count). The van der Waals surface area contributed by atoms with E-state index in [1.807, 2.05) is 21.6 Å². The Labute approximate surface area is 217 Å². The lowest BCUT2D eigenvalue weighted by Gasteiger charge is -2.05. The van der Waals surface area contributed by atoms with Crippen molar-refractivity contribution in [3.8, 4) is 0 Å². The van der Waals surface area contributed by atoms with Crippen LogP contribution in [-0.2, 0) is 9.13 Å². The van der Waals surface area contributed by atoms with E-state index in [2.05, 4.69) is 0 Å². The van der Waals surface area contributed by atoms with E-state index in [0.717, 1.165) is 25.7 Å². The van der Waals surface area contributed by atoms with Crippen LogP contribution in [0.2, 0.25) is 0 Å². The number of hydrogen-bond donors (Lipinski definition) is 4. The van der Waals surface area contributed by atoms with Crippen molar-refractivity contribution in [2.75, 3.05) is 23.8 Å². The minimum atomic E-state index is -3.79. The van der Waals surface area contributed by atoms with E-state index in [9.17, 15) is 9.13 Å². The zero-order valence-corrected chi connectivity index (χ0v) is 24.7. The molecule has 0 saturated heterocycles. The summed E-state index contributed by atoms with van der Waals surface area (Å²) in [6, 6.07) is 0. The Balaban J connectivity index is 3.08. The monoisotopic (exact) mass is 562 g/mol. The first-order valence-electron chi connectivity index (χ1n) is 13.5. The van der Waals surface area contributed by atoms with Gasteiger partial charge < -0.3 is 19.6 Å². The number of rotatable bonds is 27. The van der Waals surface area contributed by atoms with Crippen molar-refractivity contribution in [1.29, 1.82) is 0 Å². The van der Waals surface area contributed by atoms with E-state index in [-0.39, 0.29) is 12.3 Å². The van der Waals surface area contributed by atoms with Gasteiger partial charge in [-0.15, -0.1) is 0 Å². The summed E-state index contributed by atoms with van der Waals surface area (Å²) in [6.07, 6.45) is 23.5. The van der Waals surface area contributed by atoms with Gasteiger partial charge in [-0.3, -0.25) is 9.13 Å². The van der Waals surface area contributed by atoms with Crippen LogP contribution >= 0.6 is 36.8 Å². The molecule has 0 aromatic heterocycles. The highest BCUT2D eigenvalue weighted by Crippen LogP contribution is 2.36. The summed E-state index contributed by atoms with van der Waals surface area (Å²) in [7, 11) is -3.51. The molecule has 0 aliphatic rings. The molecule has 10 heteroatoms. The molecule has 0 spiro atoms. The lowest BCUT2D eigenvalue weighted by Crippen LogP contribution is -1.88. The average Bonchev–Trinajstić information content (AvgIpc) is 2.74. The summed E-state index contributed by atoms with van der Waals surface area (Å²) in [6.45, 7) is 0. The fraction of sp³-hybridized carbons (Fsp3) is 1.00. The SMILES string of the molecule is O=P(O)(O)CCCCCCCCCCCCSSCCCCCCCCCCCCP(=O)(O)O. The van der Waals surface area contributed by atoms with Crippen LogP contribution in [-0.4, -0.2) is 43.4 Å². The molecule has 0 bridgehead atoms. The van der Waals surface area contributed by atoms with Crippen molar-refractivity contribution < 1.29 is 28.7 Å². The molecular weight excluding hydrogens is 510 g/mol. The van der Waals surface area contributed by atoms with Crippen molar-refractivity contribution in [2.45, 2.75) is 128 Å². The third-order valence-electron chi connectivity index (χ3n) is 5.94. The quantitative estimate of drug-likeness (QED) is 0.0447. The maximum absolute atomic E-state index is 10.8. The highest BCUT2D eigenvalue weighted by atomic mass is 33.1. The summed E-state index contributed by atoms with van der Waals surface area (Å²) in [4.78, 5) is 35.2. The molecule has 4 N–H and O–H groups in total. The average molecular weight is 563 g/mol. The van der Waals surface area contributed by atoms with Gasteiger partial charge >= 0.3 is 15.2 Å². The van der Waals surface area contributed by atoms with Gasteiger partial charge in [0, 0.05) is 23.8 Å². The zero-order chi connectivity index (χ0) is 25.4. The molecular formula is C24H52O6P2S2. The Kier molecular flexibility index (Phi) is 25.1. The Morgan fingerprint density at radius 2 is 0.559 bits per heavy atom. The van der Waals surface area contributed by atoms with Crippen LogP contribution in [0.3, 0.4) is 0 Å². The number of hydrogen-bond acceptors (Lipinski definition) is 4. The topological polar surface area (TPSA) is 115 Å². The predicted octanol–water partition coefficient (Wildman–Crippen LogP) is 8.53. The highest BCUT2D eigenvalue weighted by molar-refractivity contribution is 8.76. The smallest absolute Gasteiger partial charge is 0.324 e. The van der Waals surface area contributed by atoms with Gasteiger partial charge in [0.05, 0.1) is 0 Å². The van der Waals surface area contributed by atoms with Gasteiger partial charge in [-0.1, -0.05) is 124 Å². The van der Waals surface area contributed by atoms with Gasteiger partial charge in [0.15, 0.2) is 0 Å². The molecule has 0 atom stereocenters. The van der Waals surface area contributed by atoms with E-state index < -0.39 is 15.2 Å². The normalized spacial score (nSPS) is 12.5. The molecule has 0 saturated carbocycles. The van der Waals surface area contributed by atoms with Gasteiger partial charge in [-0.2, -0.15) is 0 Å². The van der Waals surface area contributed by atoms with E-state index in [1.165, 1.54) is 101 Å². The summed E-state index contributed by atoms with van der Waals surface area (Å²) in [5, 5.41) is 0. The summed E-state index contributed by atoms with van der Waals surface area (Å²) >= 11 is 0. The molecule has 0 aromatic carbocycles. The fourth-order valence-electron chi connectivity index (χ4n) is 3.90. The van der Waals surface area contributed by atoms with Crippen LogP contribution in [0.1, 0.15) is 128 Å². The molecule has 6 nitrogen and oxygen atoms in total. The first kappa shape index (κ1) is 35.0. The van der Waals surface area contributed by atoms with Crippen LogP contribution in [0.25, 0.3) is 0 Å². The molecule has 0 aliphatic carbocycles. The molecule has 0 aromatic rings. The summed E-state index contributed by atoms with van der Waals surface area (Å²) < 4.78 is 21.5. The maximum Gasteiger partial charge on any atom is 0.325 e. The Morgan fingerprint density at radius 1 is 0.353 bits per heavy atom. The minimum absolute atomic E-state index is 0.0413. The molecule has 0 amide bonds. The van der Waals surface area contributed by atoms with E-state index in [4.69, 9.17) is 19.6 Å². The second-order valence-electron chi connectivity index (χ2n) is 9.49. The van der Waals surface area contributed by atoms with Gasteiger partial charge in [-0.25, -0.2) is 0 Å². The zero-order valence-electron chi connectivity index (χ0n) is 21.3.